The van der Waals surface area contributed by atoms with Gasteiger partial charge < -0.3 is 9.64 Å². The lowest BCUT2D eigenvalue weighted by atomic mass is 10.1. The third-order valence-corrected chi connectivity index (χ3v) is 4.39. The first-order valence-electron chi connectivity index (χ1n) is 8.06. The highest BCUT2D eigenvalue weighted by molar-refractivity contribution is 5.93. The van der Waals surface area contributed by atoms with Crippen molar-refractivity contribution in [2.45, 2.75) is 19.9 Å². The van der Waals surface area contributed by atoms with Crippen LogP contribution in [-0.4, -0.2) is 55.1 Å². The molecule has 1 aromatic rings. The number of rotatable bonds is 3. The van der Waals surface area contributed by atoms with Gasteiger partial charge in [-0.25, -0.2) is 0 Å². The summed E-state index contributed by atoms with van der Waals surface area (Å²) in [4.78, 5) is 16.8. The molecule has 0 saturated carbocycles. The molecule has 0 radical (unpaired) electrons. The van der Waals surface area contributed by atoms with Crippen molar-refractivity contribution in [1.82, 2.24) is 9.80 Å². The minimum Gasteiger partial charge on any atom is -0.378 e. The maximum absolute atomic E-state index is 12.4. The van der Waals surface area contributed by atoms with E-state index in [0.717, 1.165) is 44.7 Å². The maximum atomic E-state index is 12.4. The van der Waals surface area contributed by atoms with Crippen molar-refractivity contribution >= 4 is 5.91 Å². The number of aryl methyl sites for hydroxylation is 1. The predicted octanol–water partition coefficient (Wildman–Crippen LogP) is 1.99. The molecule has 2 aliphatic heterocycles. The number of carbonyl (C=O) groups is 1. The molecule has 4 nitrogen and oxygen atoms in total. The molecular weight excluding hydrogens is 276 g/mol. The smallest absolute Gasteiger partial charge is 0.249 e. The van der Waals surface area contributed by atoms with Gasteiger partial charge in [-0.3, -0.25) is 9.69 Å². The molecular formula is C18H24N2O2. The average Bonchev–Trinajstić information content (AvgIpc) is 2.58. The van der Waals surface area contributed by atoms with Gasteiger partial charge >= 0.3 is 0 Å². The van der Waals surface area contributed by atoms with Crippen LogP contribution in [0.3, 0.4) is 0 Å². The summed E-state index contributed by atoms with van der Waals surface area (Å²) in [7, 11) is 0. The highest BCUT2D eigenvalue weighted by atomic mass is 16.5. The zero-order chi connectivity index (χ0) is 15.4. The lowest BCUT2D eigenvalue weighted by molar-refractivity contribution is -0.131. The summed E-state index contributed by atoms with van der Waals surface area (Å²) < 4.78 is 5.31. The Morgan fingerprint density at radius 2 is 1.86 bits per heavy atom. The van der Waals surface area contributed by atoms with Gasteiger partial charge in [0.2, 0.25) is 5.91 Å². The summed E-state index contributed by atoms with van der Waals surface area (Å²) in [5, 5.41) is 0. The van der Waals surface area contributed by atoms with Crippen LogP contribution in [0.4, 0.5) is 0 Å². The number of hydrogen-bond donors (Lipinski definition) is 0. The quantitative estimate of drug-likeness (QED) is 0.856. The Balaban J connectivity index is 1.54. The topological polar surface area (TPSA) is 32.8 Å². The van der Waals surface area contributed by atoms with Gasteiger partial charge in [-0.15, -0.1) is 0 Å². The first-order chi connectivity index (χ1) is 10.7. The van der Waals surface area contributed by atoms with E-state index in [9.17, 15) is 4.79 Å². The van der Waals surface area contributed by atoms with E-state index < -0.39 is 0 Å². The van der Waals surface area contributed by atoms with Gasteiger partial charge in [0.05, 0.1) is 13.2 Å². The Bertz CT molecular complexity index is 545. The first-order valence-corrected chi connectivity index (χ1v) is 8.06. The van der Waals surface area contributed by atoms with E-state index in [4.69, 9.17) is 4.74 Å². The van der Waals surface area contributed by atoms with Crippen LogP contribution in [0.25, 0.3) is 0 Å². The fourth-order valence-corrected chi connectivity index (χ4v) is 2.97. The van der Waals surface area contributed by atoms with Gasteiger partial charge in [0.1, 0.15) is 0 Å². The number of carbonyl (C=O) groups excluding carboxylic acids is 1. The summed E-state index contributed by atoms with van der Waals surface area (Å²) in [5.74, 6) is 0.207. The van der Waals surface area contributed by atoms with Crippen LogP contribution in [0.2, 0.25) is 0 Å². The molecule has 3 rings (SSSR count). The number of nitrogens with zero attached hydrogens (tertiary/aromatic N) is 2. The molecule has 0 aliphatic carbocycles. The lowest BCUT2D eigenvalue weighted by Crippen LogP contribution is -2.42. The van der Waals surface area contributed by atoms with E-state index in [-0.39, 0.29) is 5.91 Å². The molecule has 1 aromatic carbocycles. The average molecular weight is 300 g/mol. The molecule has 1 fully saturated rings. The van der Waals surface area contributed by atoms with Crippen LogP contribution in [0.15, 0.2) is 35.9 Å². The van der Waals surface area contributed by atoms with E-state index in [1.165, 1.54) is 11.1 Å². The zero-order valence-corrected chi connectivity index (χ0v) is 13.3. The molecule has 22 heavy (non-hydrogen) atoms. The van der Waals surface area contributed by atoms with E-state index in [0.29, 0.717) is 13.2 Å². The van der Waals surface area contributed by atoms with Gasteiger partial charge in [0, 0.05) is 38.3 Å². The van der Waals surface area contributed by atoms with E-state index in [1.54, 1.807) is 0 Å². The third kappa shape index (κ3) is 3.76. The van der Waals surface area contributed by atoms with Crippen molar-refractivity contribution in [1.29, 1.82) is 0 Å². The van der Waals surface area contributed by atoms with Crippen LogP contribution in [-0.2, 0) is 16.1 Å². The van der Waals surface area contributed by atoms with Crippen molar-refractivity contribution in [2.24, 2.45) is 0 Å². The Kier molecular flexibility index (Phi) is 4.90. The van der Waals surface area contributed by atoms with E-state index in [2.05, 4.69) is 42.2 Å². The summed E-state index contributed by atoms with van der Waals surface area (Å²) in [6.45, 7) is 7.66. The molecule has 0 bridgehead atoms. The van der Waals surface area contributed by atoms with Gasteiger partial charge in [-0.05, 0) is 18.9 Å². The fourth-order valence-electron chi connectivity index (χ4n) is 2.97. The molecule has 0 atom stereocenters. The van der Waals surface area contributed by atoms with Gasteiger partial charge in [-0.2, -0.15) is 0 Å². The van der Waals surface area contributed by atoms with Crippen molar-refractivity contribution in [3.8, 4) is 0 Å². The lowest BCUT2D eigenvalue weighted by Gasteiger charge is -2.31. The van der Waals surface area contributed by atoms with Crippen molar-refractivity contribution in [2.75, 3.05) is 39.4 Å². The summed E-state index contributed by atoms with van der Waals surface area (Å²) in [6, 6.07) is 8.69. The van der Waals surface area contributed by atoms with Gasteiger partial charge in [0.15, 0.2) is 0 Å². The van der Waals surface area contributed by atoms with Crippen LogP contribution in [0.5, 0.6) is 0 Å². The second-order valence-corrected chi connectivity index (χ2v) is 6.10. The fraction of sp³-hybridized carbons (Fsp3) is 0.500. The molecule has 0 spiro atoms. The second-order valence-electron chi connectivity index (χ2n) is 6.10. The molecule has 1 saturated heterocycles. The van der Waals surface area contributed by atoms with Crippen LogP contribution < -0.4 is 0 Å². The van der Waals surface area contributed by atoms with E-state index >= 15 is 0 Å². The van der Waals surface area contributed by atoms with Gasteiger partial charge in [0.25, 0.3) is 0 Å². The molecule has 118 valence electrons. The zero-order valence-electron chi connectivity index (χ0n) is 13.3. The summed E-state index contributed by atoms with van der Waals surface area (Å²) in [5.41, 5.74) is 3.60. The van der Waals surface area contributed by atoms with Crippen molar-refractivity contribution in [3.05, 3.63) is 47.0 Å². The Hall–Kier alpha value is -1.65. The monoisotopic (exact) mass is 300 g/mol. The Labute approximate surface area is 132 Å². The standard InChI is InChI=1S/C18H24N2O2/c1-15-2-4-16(5-3-15)14-19-8-6-17(7-9-19)18(21)20-10-12-22-13-11-20/h2-6H,7-14H2,1H3. The largest absolute Gasteiger partial charge is 0.378 e. The number of hydrogen-bond acceptors (Lipinski definition) is 3. The van der Waals surface area contributed by atoms with Crippen LogP contribution >= 0.6 is 0 Å². The predicted molar refractivity (Wildman–Crippen MR) is 86.6 cm³/mol. The molecule has 0 aromatic heterocycles. The molecule has 0 N–H and O–H groups in total. The van der Waals surface area contributed by atoms with Crippen molar-refractivity contribution < 1.29 is 9.53 Å². The normalized spacial score (nSPS) is 19.9. The molecule has 4 heteroatoms. The number of amides is 1. The molecule has 0 unspecified atom stereocenters. The number of ether oxygens (including phenoxy) is 1. The summed E-state index contributed by atoms with van der Waals surface area (Å²) in [6.07, 6.45) is 2.96. The Morgan fingerprint density at radius 3 is 2.50 bits per heavy atom. The Morgan fingerprint density at radius 1 is 1.14 bits per heavy atom. The number of morpholine rings is 1. The first kappa shape index (κ1) is 15.3. The van der Waals surface area contributed by atoms with E-state index in [1.807, 2.05) is 4.90 Å². The number of benzene rings is 1. The van der Waals surface area contributed by atoms with Crippen molar-refractivity contribution in [3.63, 3.8) is 0 Å². The summed E-state index contributed by atoms with van der Waals surface area (Å²) >= 11 is 0. The minimum atomic E-state index is 0.207. The van der Waals surface area contributed by atoms with Crippen LogP contribution in [0.1, 0.15) is 17.5 Å². The highest BCUT2D eigenvalue weighted by Gasteiger charge is 2.23. The molecule has 1 amide bonds. The second kappa shape index (κ2) is 7.07. The molecule has 2 aliphatic rings. The SMILES string of the molecule is Cc1ccc(CN2CC=C(C(=O)N3CCOCC3)CC2)cc1. The third-order valence-electron chi connectivity index (χ3n) is 4.39. The highest BCUT2D eigenvalue weighted by Crippen LogP contribution is 2.17. The minimum absolute atomic E-state index is 0.207. The molecule has 2 heterocycles. The van der Waals surface area contributed by atoms with Crippen LogP contribution in [0, 0.1) is 6.92 Å². The van der Waals surface area contributed by atoms with Gasteiger partial charge in [-0.1, -0.05) is 35.9 Å². The maximum Gasteiger partial charge on any atom is 0.249 e.